The molecule has 3 aromatic rings. The third-order valence-electron chi connectivity index (χ3n) is 6.97. The highest BCUT2D eigenvalue weighted by Gasteiger charge is 2.32. The summed E-state index contributed by atoms with van der Waals surface area (Å²) in [6.07, 6.45) is -4.74. The number of benzene rings is 2. The molecule has 1 aromatic heterocycles. The van der Waals surface area contributed by atoms with E-state index in [4.69, 9.17) is 19.2 Å². The van der Waals surface area contributed by atoms with Gasteiger partial charge in [-0.05, 0) is 77.9 Å². The van der Waals surface area contributed by atoms with Crippen LogP contribution in [0.25, 0.3) is 10.6 Å². The minimum atomic E-state index is -4.41. The molecule has 4 rings (SSSR count). The van der Waals surface area contributed by atoms with Crippen LogP contribution in [0.2, 0.25) is 0 Å². The van der Waals surface area contributed by atoms with Gasteiger partial charge >= 0.3 is 18.2 Å². The topological polar surface area (TPSA) is 81.2 Å². The smallest absolute Gasteiger partial charge is 0.416 e. The number of aromatic nitrogens is 1. The van der Waals surface area contributed by atoms with Crippen molar-refractivity contribution in [1.29, 1.82) is 0 Å². The van der Waals surface area contributed by atoms with Gasteiger partial charge in [-0.15, -0.1) is 23.1 Å². The zero-order valence-electron chi connectivity index (χ0n) is 26.9. The van der Waals surface area contributed by atoms with Gasteiger partial charge < -0.3 is 19.1 Å². The number of esters is 1. The zero-order chi connectivity index (χ0) is 33.7. The molecule has 250 valence electrons. The van der Waals surface area contributed by atoms with Crippen LogP contribution in [0.4, 0.5) is 18.0 Å². The number of alkyl halides is 3. The number of halogens is 3. The number of hydrogen-bond acceptors (Lipinski definition) is 9. The molecule has 0 aliphatic carbocycles. The maximum atomic E-state index is 13.2. The van der Waals surface area contributed by atoms with Crippen LogP contribution in [0.3, 0.4) is 0 Å². The highest BCUT2D eigenvalue weighted by molar-refractivity contribution is 7.98. The van der Waals surface area contributed by atoms with Crippen LogP contribution in [0.5, 0.6) is 5.75 Å². The highest BCUT2D eigenvalue weighted by Crippen LogP contribution is 2.36. The predicted molar refractivity (Wildman–Crippen MR) is 173 cm³/mol. The lowest BCUT2D eigenvalue weighted by atomic mass is 10.1. The summed E-state index contributed by atoms with van der Waals surface area (Å²) >= 11 is 3.07. The van der Waals surface area contributed by atoms with E-state index >= 15 is 0 Å². The van der Waals surface area contributed by atoms with E-state index in [1.165, 1.54) is 23.5 Å². The average molecular weight is 680 g/mol. The van der Waals surface area contributed by atoms with Crippen LogP contribution >= 0.6 is 23.1 Å². The Hall–Kier alpha value is -3.29. The second-order valence-corrected chi connectivity index (χ2v) is 14.4. The van der Waals surface area contributed by atoms with Crippen LogP contribution in [0.1, 0.15) is 57.7 Å². The van der Waals surface area contributed by atoms with Crippen LogP contribution in [0.15, 0.2) is 53.4 Å². The van der Waals surface area contributed by atoms with Crippen molar-refractivity contribution in [3.63, 3.8) is 0 Å². The number of carbonyl (C=O) groups is 2. The van der Waals surface area contributed by atoms with E-state index in [2.05, 4.69) is 4.90 Å². The van der Waals surface area contributed by atoms with Gasteiger partial charge in [0.1, 0.15) is 16.4 Å². The number of ether oxygens (including phenoxy) is 3. The van der Waals surface area contributed by atoms with E-state index in [0.29, 0.717) is 54.8 Å². The first kappa shape index (κ1) is 35.6. The summed E-state index contributed by atoms with van der Waals surface area (Å²) in [5.74, 6) is 0.692. The van der Waals surface area contributed by atoms with Gasteiger partial charge in [0.2, 0.25) is 0 Å². The van der Waals surface area contributed by atoms with Gasteiger partial charge in [-0.1, -0.05) is 12.1 Å². The molecule has 2 heterocycles. The highest BCUT2D eigenvalue weighted by atomic mass is 32.2. The van der Waals surface area contributed by atoms with Crippen molar-refractivity contribution in [3.8, 4) is 16.3 Å². The first-order chi connectivity index (χ1) is 21.5. The standard InChI is InChI=1S/C33H40F3N3O5S2/c1-7-42-29(40)32(5,6)43-24-12-14-25(15-13-24)45-21-27-26(20-38-16-18-39(19-17-38)30(41)44-31(2,3)4)37-28(46-27)22-8-10-23(11-9-22)33(34,35)36/h8-15H,7,16-21H2,1-6H3. The lowest BCUT2D eigenvalue weighted by Gasteiger charge is -2.35. The van der Waals surface area contributed by atoms with Gasteiger partial charge in [0.15, 0.2) is 5.60 Å². The molecule has 1 aliphatic rings. The van der Waals surface area contributed by atoms with Crippen LogP contribution in [0, 0.1) is 0 Å². The van der Waals surface area contributed by atoms with Crippen molar-refractivity contribution in [2.75, 3.05) is 32.8 Å². The van der Waals surface area contributed by atoms with Crippen LogP contribution < -0.4 is 4.74 Å². The zero-order valence-corrected chi connectivity index (χ0v) is 28.5. The SMILES string of the molecule is CCOC(=O)C(C)(C)Oc1ccc(SCc2sc(-c3ccc(C(F)(F)F)cc3)nc2CN2CCN(C(=O)OC(C)(C)C)CC2)cc1. The molecule has 1 saturated heterocycles. The van der Waals surface area contributed by atoms with E-state index in [0.717, 1.165) is 27.6 Å². The van der Waals surface area contributed by atoms with Crippen molar-refractivity contribution < 1.29 is 37.0 Å². The fourth-order valence-corrected chi connectivity index (χ4v) is 6.64. The Bertz CT molecular complexity index is 1480. The lowest BCUT2D eigenvalue weighted by molar-refractivity contribution is -0.158. The molecule has 0 N–H and O–H groups in total. The summed E-state index contributed by atoms with van der Waals surface area (Å²) in [7, 11) is 0. The number of hydrogen-bond donors (Lipinski definition) is 0. The number of nitrogens with zero attached hydrogens (tertiary/aromatic N) is 3. The molecule has 0 bridgehead atoms. The number of carbonyl (C=O) groups excluding carboxylic acids is 2. The maximum absolute atomic E-state index is 13.2. The number of rotatable bonds is 10. The van der Waals surface area contributed by atoms with Crippen molar-refractivity contribution in [2.24, 2.45) is 0 Å². The Kier molecular flexibility index (Phi) is 11.3. The van der Waals surface area contributed by atoms with E-state index in [-0.39, 0.29) is 12.7 Å². The molecule has 1 aliphatic heterocycles. The largest absolute Gasteiger partial charge is 0.476 e. The second-order valence-electron chi connectivity index (χ2n) is 12.3. The second kappa shape index (κ2) is 14.6. The Morgan fingerprint density at radius 1 is 0.935 bits per heavy atom. The van der Waals surface area contributed by atoms with Gasteiger partial charge in [-0.2, -0.15) is 13.2 Å². The van der Waals surface area contributed by atoms with Crippen molar-refractivity contribution >= 4 is 35.2 Å². The molecule has 0 atom stereocenters. The van der Waals surface area contributed by atoms with Crippen molar-refractivity contribution in [3.05, 3.63) is 64.7 Å². The molecule has 1 amide bonds. The summed E-state index contributed by atoms with van der Waals surface area (Å²) in [6, 6.07) is 12.5. The van der Waals surface area contributed by atoms with E-state index < -0.39 is 28.9 Å². The van der Waals surface area contributed by atoms with E-state index in [9.17, 15) is 22.8 Å². The van der Waals surface area contributed by atoms with Crippen LogP contribution in [-0.4, -0.2) is 70.8 Å². The summed E-state index contributed by atoms with van der Waals surface area (Å²) in [4.78, 5) is 35.5. The number of thiazole rings is 1. The molecule has 13 heteroatoms. The molecule has 1 fully saturated rings. The third kappa shape index (κ3) is 9.85. The minimum absolute atomic E-state index is 0.267. The Morgan fingerprint density at radius 2 is 1.57 bits per heavy atom. The fraction of sp³-hybridized carbons (Fsp3) is 0.485. The monoisotopic (exact) mass is 679 g/mol. The third-order valence-corrected chi connectivity index (χ3v) is 9.34. The minimum Gasteiger partial charge on any atom is -0.476 e. The molecule has 46 heavy (non-hydrogen) atoms. The molecule has 8 nitrogen and oxygen atoms in total. The molecular formula is C33H40F3N3O5S2. The summed E-state index contributed by atoms with van der Waals surface area (Å²) < 4.78 is 56.0. The Morgan fingerprint density at radius 3 is 2.13 bits per heavy atom. The fourth-order valence-electron chi connectivity index (χ4n) is 4.57. The summed E-state index contributed by atoms with van der Waals surface area (Å²) in [5.41, 5.74) is -0.923. The number of piperazine rings is 1. The van der Waals surface area contributed by atoms with Crippen LogP contribution in [-0.2, 0) is 32.7 Å². The maximum Gasteiger partial charge on any atom is 0.416 e. The Balaban J connectivity index is 1.47. The predicted octanol–water partition coefficient (Wildman–Crippen LogP) is 7.89. The molecule has 2 aromatic carbocycles. The normalized spacial score (nSPS) is 14.7. The lowest BCUT2D eigenvalue weighted by Crippen LogP contribution is -2.49. The van der Waals surface area contributed by atoms with Gasteiger partial charge in [0, 0.05) is 53.8 Å². The number of thioether (sulfide) groups is 1. The number of amides is 1. The quantitative estimate of drug-likeness (QED) is 0.158. The van der Waals surface area contributed by atoms with Gasteiger partial charge in [-0.3, -0.25) is 4.90 Å². The van der Waals surface area contributed by atoms with Gasteiger partial charge in [0.25, 0.3) is 0 Å². The molecule has 0 radical (unpaired) electrons. The average Bonchev–Trinajstić information content (AvgIpc) is 3.38. The molecule has 0 spiro atoms. The van der Waals surface area contributed by atoms with E-state index in [1.807, 2.05) is 32.9 Å². The van der Waals surface area contributed by atoms with E-state index in [1.54, 1.807) is 49.6 Å². The molecule has 0 saturated carbocycles. The van der Waals surface area contributed by atoms with Crippen molar-refractivity contribution in [1.82, 2.24) is 14.8 Å². The molecule has 0 unspecified atom stereocenters. The Labute approximate surface area is 276 Å². The summed E-state index contributed by atoms with van der Waals surface area (Å²) in [6.45, 7) is 13.7. The van der Waals surface area contributed by atoms with Gasteiger partial charge in [-0.25, -0.2) is 14.6 Å². The van der Waals surface area contributed by atoms with Crippen molar-refractivity contribution in [2.45, 2.75) is 76.1 Å². The molecular weight excluding hydrogens is 640 g/mol. The summed E-state index contributed by atoms with van der Waals surface area (Å²) in [5, 5.41) is 0.650. The first-order valence-electron chi connectivity index (χ1n) is 15.0. The van der Waals surface area contributed by atoms with Gasteiger partial charge in [0.05, 0.1) is 17.9 Å². The first-order valence-corrected chi connectivity index (χ1v) is 16.8.